The first-order valence-corrected chi connectivity index (χ1v) is 11.3. The van der Waals surface area contributed by atoms with Gasteiger partial charge in [0, 0.05) is 28.1 Å². The van der Waals surface area contributed by atoms with Gasteiger partial charge in [0.05, 0.1) is 17.1 Å². The molecule has 0 aliphatic carbocycles. The van der Waals surface area contributed by atoms with Gasteiger partial charge < -0.3 is 5.11 Å². The lowest BCUT2D eigenvalue weighted by Gasteiger charge is -2.11. The van der Waals surface area contributed by atoms with Crippen LogP contribution < -0.4 is 0 Å². The number of hydrogen-bond donors (Lipinski definition) is 1. The molecule has 1 N–H and O–H groups in total. The summed E-state index contributed by atoms with van der Waals surface area (Å²) in [7, 11) is 0. The molecule has 6 rings (SSSR count). The van der Waals surface area contributed by atoms with Crippen molar-refractivity contribution in [3.63, 3.8) is 0 Å². The van der Waals surface area contributed by atoms with Crippen LogP contribution in [0.25, 0.3) is 45.2 Å². The Morgan fingerprint density at radius 3 is 1.65 bits per heavy atom. The monoisotopic (exact) mass is 441 g/mol. The fourth-order valence-electron chi connectivity index (χ4n) is 4.68. The minimum absolute atomic E-state index is 0.239. The lowest BCUT2D eigenvalue weighted by molar-refractivity contribution is 0.475. The smallest absolute Gasteiger partial charge is 0.220 e. The molecule has 0 atom stereocenters. The number of phenolic OH excluding ortho intramolecular Hbond substituents is 1. The first kappa shape index (κ1) is 20.1. The molecule has 0 aliphatic rings. The number of rotatable bonds is 4. The van der Waals surface area contributed by atoms with E-state index in [0.717, 1.165) is 50.9 Å². The van der Waals surface area contributed by atoms with Crippen LogP contribution >= 0.6 is 0 Å². The van der Waals surface area contributed by atoms with Gasteiger partial charge in [0.1, 0.15) is 5.75 Å². The number of aromatic hydroxyl groups is 1. The van der Waals surface area contributed by atoms with Crippen molar-refractivity contribution < 1.29 is 5.11 Å². The minimum Gasteiger partial charge on any atom is -0.508 e. The maximum Gasteiger partial charge on any atom is 0.220 e. The van der Waals surface area contributed by atoms with Gasteiger partial charge in [-0.1, -0.05) is 91.0 Å². The van der Waals surface area contributed by atoms with Crippen molar-refractivity contribution in [2.45, 2.75) is 6.92 Å². The van der Waals surface area contributed by atoms with Crippen molar-refractivity contribution in [2.75, 3.05) is 0 Å². The Kier molecular flexibility index (Phi) is 4.77. The number of imidazole rings is 2. The molecule has 4 heteroatoms. The maximum absolute atomic E-state index is 9.92. The molecule has 0 fully saturated rings. The second kappa shape index (κ2) is 8.09. The molecule has 4 nitrogen and oxygen atoms in total. The molecular formula is C30H23N3O. The van der Waals surface area contributed by atoms with Crippen LogP contribution in [0.1, 0.15) is 5.69 Å². The average molecular weight is 442 g/mol. The van der Waals surface area contributed by atoms with E-state index in [1.165, 1.54) is 0 Å². The van der Waals surface area contributed by atoms with Gasteiger partial charge in [0.2, 0.25) is 5.78 Å². The zero-order valence-electron chi connectivity index (χ0n) is 18.8. The van der Waals surface area contributed by atoms with Crippen LogP contribution in [0.15, 0.2) is 115 Å². The Balaban J connectivity index is 1.76. The quantitative estimate of drug-likeness (QED) is 0.316. The van der Waals surface area contributed by atoms with E-state index >= 15 is 0 Å². The van der Waals surface area contributed by atoms with Crippen molar-refractivity contribution >= 4 is 5.78 Å². The van der Waals surface area contributed by atoms with Crippen LogP contribution in [0, 0.1) is 6.92 Å². The zero-order valence-corrected chi connectivity index (χ0v) is 18.8. The number of nitrogens with zero attached hydrogens (tertiary/aromatic N) is 3. The maximum atomic E-state index is 9.92. The molecular weight excluding hydrogens is 418 g/mol. The van der Waals surface area contributed by atoms with Gasteiger partial charge in [-0.2, -0.15) is 0 Å². The van der Waals surface area contributed by atoms with Gasteiger partial charge in [-0.15, -0.1) is 0 Å². The van der Waals surface area contributed by atoms with Crippen LogP contribution in [0.5, 0.6) is 5.75 Å². The highest BCUT2D eigenvalue weighted by molar-refractivity contribution is 5.84. The molecule has 0 unspecified atom stereocenters. The standard InChI is InChI=1S/C30H23N3O/c1-21-28(23-13-7-3-8-14-23)33(25-17-19-26(34)20-18-25)30-31-27(22-11-5-2-6-12-22)29(32(21)30)24-15-9-4-10-16-24/h2-20,34H,1H3. The van der Waals surface area contributed by atoms with E-state index in [1.54, 1.807) is 12.1 Å². The number of phenols is 1. The molecule has 34 heavy (non-hydrogen) atoms. The first-order valence-electron chi connectivity index (χ1n) is 11.3. The number of benzene rings is 4. The molecule has 4 aromatic carbocycles. The van der Waals surface area contributed by atoms with Gasteiger partial charge >= 0.3 is 0 Å². The molecule has 0 spiro atoms. The summed E-state index contributed by atoms with van der Waals surface area (Å²) < 4.78 is 4.44. The van der Waals surface area contributed by atoms with Gasteiger partial charge in [0.25, 0.3) is 0 Å². The van der Waals surface area contributed by atoms with Crippen molar-refractivity contribution in [2.24, 2.45) is 0 Å². The third kappa shape index (κ3) is 3.20. The molecule has 164 valence electrons. The van der Waals surface area contributed by atoms with E-state index < -0.39 is 0 Å². The molecule has 0 radical (unpaired) electrons. The SMILES string of the molecule is Cc1c(-c2ccccc2)n(-c2ccc(O)cc2)c2nc(-c3ccccc3)c(-c3ccccc3)n12. The molecule has 0 saturated heterocycles. The summed E-state index contributed by atoms with van der Waals surface area (Å²) in [5, 5.41) is 9.92. The number of aryl methyl sites for hydroxylation is 1. The summed E-state index contributed by atoms with van der Waals surface area (Å²) in [6, 6.07) is 38.4. The summed E-state index contributed by atoms with van der Waals surface area (Å²) in [5.74, 6) is 1.07. The summed E-state index contributed by atoms with van der Waals surface area (Å²) in [6.07, 6.45) is 0. The van der Waals surface area contributed by atoms with E-state index in [4.69, 9.17) is 4.98 Å². The Bertz CT molecular complexity index is 1580. The molecule has 6 aromatic rings. The lowest BCUT2D eigenvalue weighted by Crippen LogP contribution is -1.98. The minimum atomic E-state index is 0.239. The summed E-state index contributed by atoms with van der Waals surface area (Å²) in [6.45, 7) is 2.15. The zero-order chi connectivity index (χ0) is 23.1. The average Bonchev–Trinajstić information content (AvgIpc) is 3.41. The normalized spacial score (nSPS) is 11.2. The topological polar surface area (TPSA) is 42.5 Å². The van der Waals surface area contributed by atoms with Crippen molar-refractivity contribution in [1.82, 2.24) is 14.0 Å². The Labute approximate surface area is 198 Å². The first-order chi connectivity index (χ1) is 16.7. The van der Waals surface area contributed by atoms with E-state index in [2.05, 4.69) is 76.6 Å². The van der Waals surface area contributed by atoms with Gasteiger partial charge in [-0.05, 0) is 31.2 Å². The lowest BCUT2D eigenvalue weighted by atomic mass is 10.0. The molecule has 0 saturated carbocycles. The van der Waals surface area contributed by atoms with Crippen LogP contribution in [-0.4, -0.2) is 19.1 Å². The number of fused-ring (bicyclic) bond motifs is 1. The predicted molar refractivity (Wildman–Crippen MR) is 137 cm³/mol. The third-order valence-corrected chi connectivity index (χ3v) is 6.21. The van der Waals surface area contributed by atoms with Crippen molar-refractivity contribution in [1.29, 1.82) is 0 Å². The van der Waals surface area contributed by atoms with E-state index in [0.29, 0.717) is 0 Å². The van der Waals surface area contributed by atoms with Crippen LogP contribution in [-0.2, 0) is 0 Å². The highest BCUT2D eigenvalue weighted by Gasteiger charge is 2.25. The van der Waals surface area contributed by atoms with Crippen LogP contribution in [0.2, 0.25) is 0 Å². The molecule has 2 heterocycles. The van der Waals surface area contributed by atoms with Crippen LogP contribution in [0.3, 0.4) is 0 Å². The summed E-state index contributed by atoms with van der Waals surface area (Å²) in [5.41, 5.74) is 8.42. The van der Waals surface area contributed by atoms with E-state index in [1.807, 2.05) is 42.5 Å². The summed E-state index contributed by atoms with van der Waals surface area (Å²) >= 11 is 0. The fourth-order valence-corrected chi connectivity index (χ4v) is 4.68. The van der Waals surface area contributed by atoms with Crippen LogP contribution in [0.4, 0.5) is 0 Å². The number of aromatic nitrogens is 3. The largest absolute Gasteiger partial charge is 0.508 e. The predicted octanol–water partition coefficient (Wildman–Crippen LogP) is 7.14. The Hall–Kier alpha value is -4.57. The number of hydrogen-bond acceptors (Lipinski definition) is 2. The van der Waals surface area contributed by atoms with E-state index in [-0.39, 0.29) is 5.75 Å². The molecule has 2 aromatic heterocycles. The molecule has 0 bridgehead atoms. The Morgan fingerprint density at radius 2 is 1.09 bits per heavy atom. The summed E-state index contributed by atoms with van der Waals surface area (Å²) in [4.78, 5) is 5.23. The van der Waals surface area contributed by atoms with Gasteiger partial charge in [-0.3, -0.25) is 8.97 Å². The molecule has 0 aliphatic heterocycles. The highest BCUT2D eigenvalue weighted by atomic mass is 16.3. The fraction of sp³-hybridized carbons (Fsp3) is 0.0333. The van der Waals surface area contributed by atoms with Gasteiger partial charge in [0.15, 0.2) is 0 Å². The second-order valence-electron chi connectivity index (χ2n) is 8.33. The van der Waals surface area contributed by atoms with Crippen molar-refractivity contribution in [3.05, 3.63) is 121 Å². The molecule has 0 amide bonds. The Morgan fingerprint density at radius 1 is 0.588 bits per heavy atom. The third-order valence-electron chi connectivity index (χ3n) is 6.21. The van der Waals surface area contributed by atoms with E-state index in [9.17, 15) is 5.11 Å². The van der Waals surface area contributed by atoms with Gasteiger partial charge in [-0.25, -0.2) is 4.98 Å². The van der Waals surface area contributed by atoms with Crippen molar-refractivity contribution in [3.8, 4) is 45.2 Å². The second-order valence-corrected chi connectivity index (χ2v) is 8.33. The highest BCUT2D eigenvalue weighted by Crippen LogP contribution is 2.39.